The molecule has 0 fully saturated rings. The van der Waals surface area contributed by atoms with E-state index in [0.717, 1.165) is 37.2 Å². The van der Waals surface area contributed by atoms with Gasteiger partial charge in [0.05, 0.1) is 13.2 Å². The molecule has 0 amide bonds. The van der Waals surface area contributed by atoms with Crippen LogP contribution in [0, 0.1) is 11.3 Å². The molecule has 1 aromatic rings. The van der Waals surface area contributed by atoms with Crippen LogP contribution in [0.4, 0.5) is 0 Å². The van der Waals surface area contributed by atoms with Gasteiger partial charge in [-0.25, -0.2) is 0 Å². The maximum absolute atomic E-state index is 9.41. The van der Waals surface area contributed by atoms with Gasteiger partial charge in [-0.15, -0.1) is 0 Å². The second-order valence-corrected chi connectivity index (χ2v) is 4.29. The number of unbranched alkanes of at least 4 members (excludes halogenated alkanes) is 1. The van der Waals surface area contributed by atoms with E-state index in [1.54, 1.807) is 7.11 Å². The van der Waals surface area contributed by atoms with E-state index >= 15 is 0 Å². The van der Waals surface area contributed by atoms with Crippen LogP contribution in [0.1, 0.15) is 38.3 Å². The molecule has 1 rings (SSSR count). The van der Waals surface area contributed by atoms with Crippen molar-refractivity contribution in [2.75, 3.05) is 20.2 Å². The van der Waals surface area contributed by atoms with Crippen molar-refractivity contribution in [3.63, 3.8) is 0 Å². The highest BCUT2D eigenvalue weighted by atomic mass is 16.5. The lowest BCUT2D eigenvalue weighted by Crippen LogP contribution is -2.28. The van der Waals surface area contributed by atoms with Crippen molar-refractivity contribution in [3.8, 4) is 11.8 Å². The Morgan fingerprint density at radius 1 is 1.39 bits per heavy atom. The number of nitriles is 1. The van der Waals surface area contributed by atoms with E-state index in [1.807, 2.05) is 24.3 Å². The average Bonchev–Trinajstić information content (AvgIpc) is 2.43. The highest BCUT2D eigenvalue weighted by molar-refractivity contribution is 5.33. The van der Waals surface area contributed by atoms with Crippen LogP contribution in [-0.2, 0) is 0 Å². The first-order valence-corrected chi connectivity index (χ1v) is 6.54. The highest BCUT2D eigenvalue weighted by Crippen LogP contribution is 2.24. The van der Waals surface area contributed by atoms with E-state index in [4.69, 9.17) is 4.74 Å². The fraction of sp³-hybridized carbons (Fsp3) is 0.533. The Balaban J connectivity index is 2.89. The van der Waals surface area contributed by atoms with Crippen molar-refractivity contribution >= 4 is 0 Å². The van der Waals surface area contributed by atoms with Crippen molar-refractivity contribution in [3.05, 3.63) is 29.8 Å². The summed E-state index contributed by atoms with van der Waals surface area (Å²) in [5, 5.41) is 9.41. The van der Waals surface area contributed by atoms with Gasteiger partial charge in [0.2, 0.25) is 0 Å². The first-order chi connectivity index (χ1) is 8.76. The van der Waals surface area contributed by atoms with Gasteiger partial charge in [0, 0.05) is 0 Å². The molecule has 1 atom stereocenters. The molecule has 0 saturated carbocycles. The second-order valence-electron chi connectivity index (χ2n) is 4.29. The van der Waals surface area contributed by atoms with E-state index in [-0.39, 0.29) is 6.04 Å². The predicted octanol–water partition coefficient (Wildman–Crippen LogP) is 3.38. The lowest BCUT2D eigenvalue weighted by Gasteiger charge is -2.26. The van der Waals surface area contributed by atoms with Gasteiger partial charge in [-0.2, -0.15) is 5.26 Å². The van der Waals surface area contributed by atoms with Crippen LogP contribution in [0.15, 0.2) is 24.3 Å². The Labute approximate surface area is 110 Å². The molecule has 3 nitrogen and oxygen atoms in total. The summed E-state index contributed by atoms with van der Waals surface area (Å²) in [5.74, 6) is 0.805. The molecule has 0 saturated heterocycles. The van der Waals surface area contributed by atoms with Gasteiger partial charge < -0.3 is 4.74 Å². The van der Waals surface area contributed by atoms with Crippen LogP contribution >= 0.6 is 0 Å². The molecular formula is C15H22N2O. The molecular weight excluding hydrogens is 224 g/mol. The van der Waals surface area contributed by atoms with Gasteiger partial charge in [-0.05, 0) is 37.2 Å². The van der Waals surface area contributed by atoms with Crippen LogP contribution in [0.5, 0.6) is 5.75 Å². The van der Waals surface area contributed by atoms with Gasteiger partial charge in [0.25, 0.3) is 0 Å². The van der Waals surface area contributed by atoms with E-state index in [0.29, 0.717) is 0 Å². The lowest BCUT2D eigenvalue weighted by molar-refractivity contribution is 0.244. The largest absolute Gasteiger partial charge is 0.497 e. The predicted molar refractivity (Wildman–Crippen MR) is 73.5 cm³/mol. The minimum Gasteiger partial charge on any atom is -0.497 e. The molecule has 0 bridgehead atoms. The Bertz CT molecular complexity index is 398. The number of hydrogen-bond acceptors (Lipinski definition) is 3. The van der Waals surface area contributed by atoms with Gasteiger partial charge in [0.15, 0.2) is 0 Å². The minimum absolute atomic E-state index is 0.184. The maximum Gasteiger partial charge on any atom is 0.123 e. The van der Waals surface area contributed by atoms with Gasteiger partial charge in [0.1, 0.15) is 11.8 Å². The lowest BCUT2D eigenvalue weighted by atomic mass is 10.1. The third kappa shape index (κ3) is 3.75. The quantitative estimate of drug-likeness (QED) is 0.740. The summed E-state index contributed by atoms with van der Waals surface area (Å²) in [6.07, 6.45) is 2.27. The third-order valence-electron chi connectivity index (χ3n) is 3.10. The maximum atomic E-state index is 9.41. The topological polar surface area (TPSA) is 36.3 Å². The molecule has 0 N–H and O–H groups in total. The fourth-order valence-electron chi connectivity index (χ4n) is 2.01. The molecule has 0 spiro atoms. The zero-order valence-corrected chi connectivity index (χ0v) is 11.5. The summed E-state index contributed by atoms with van der Waals surface area (Å²) < 4.78 is 5.22. The van der Waals surface area contributed by atoms with Crippen LogP contribution < -0.4 is 4.74 Å². The molecule has 0 aliphatic heterocycles. The molecule has 0 aromatic heterocycles. The van der Waals surface area contributed by atoms with E-state index in [9.17, 15) is 5.26 Å². The molecule has 18 heavy (non-hydrogen) atoms. The van der Waals surface area contributed by atoms with E-state index < -0.39 is 0 Å². The number of rotatable bonds is 7. The summed E-state index contributed by atoms with van der Waals surface area (Å²) in [7, 11) is 1.65. The van der Waals surface area contributed by atoms with Crippen molar-refractivity contribution in [2.24, 2.45) is 0 Å². The SMILES string of the molecule is CCCCN(CC)C(C#N)c1cccc(OC)c1. The fourth-order valence-corrected chi connectivity index (χ4v) is 2.01. The second kappa shape index (κ2) is 7.73. The monoisotopic (exact) mass is 246 g/mol. The molecule has 1 aromatic carbocycles. The zero-order chi connectivity index (χ0) is 13.4. The van der Waals surface area contributed by atoms with Crippen molar-refractivity contribution in [1.29, 1.82) is 5.26 Å². The molecule has 1 unspecified atom stereocenters. The molecule has 0 aliphatic rings. The third-order valence-corrected chi connectivity index (χ3v) is 3.10. The Morgan fingerprint density at radius 2 is 2.17 bits per heavy atom. The van der Waals surface area contributed by atoms with E-state index in [2.05, 4.69) is 24.8 Å². The normalized spacial score (nSPS) is 12.2. The molecule has 0 heterocycles. The highest BCUT2D eigenvalue weighted by Gasteiger charge is 2.18. The zero-order valence-electron chi connectivity index (χ0n) is 11.5. The summed E-state index contributed by atoms with van der Waals surface area (Å²) >= 11 is 0. The summed E-state index contributed by atoms with van der Waals surface area (Å²) in [6.45, 7) is 6.11. The number of nitrogens with zero attached hydrogens (tertiary/aromatic N) is 2. The summed E-state index contributed by atoms with van der Waals surface area (Å²) in [5.41, 5.74) is 1.01. The number of ether oxygens (including phenoxy) is 1. The molecule has 98 valence electrons. The van der Waals surface area contributed by atoms with Crippen LogP contribution in [-0.4, -0.2) is 25.1 Å². The minimum atomic E-state index is -0.184. The average molecular weight is 246 g/mol. The van der Waals surface area contributed by atoms with Gasteiger partial charge >= 0.3 is 0 Å². The molecule has 0 aliphatic carbocycles. The smallest absolute Gasteiger partial charge is 0.123 e. The Kier molecular flexibility index (Phi) is 6.24. The summed E-state index contributed by atoms with van der Waals surface area (Å²) in [4.78, 5) is 2.21. The number of benzene rings is 1. The van der Waals surface area contributed by atoms with Crippen molar-refractivity contribution < 1.29 is 4.74 Å². The number of hydrogen-bond donors (Lipinski definition) is 0. The molecule has 3 heteroatoms. The van der Waals surface area contributed by atoms with Crippen LogP contribution in [0.25, 0.3) is 0 Å². The summed E-state index contributed by atoms with van der Waals surface area (Å²) in [6, 6.07) is 9.99. The van der Waals surface area contributed by atoms with Crippen LogP contribution in [0.2, 0.25) is 0 Å². The van der Waals surface area contributed by atoms with Gasteiger partial charge in [-0.1, -0.05) is 32.4 Å². The van der Waals surface area contributed by atoms with Gasteiger partial charge in [-0.3, -0.25) is 4.90 Å². The Hall–Kier alpha value is -1.53. The van der Waals surface area contributed by atoms with E-state index in [1.165, 1.54) is 0 Å². The van der Waals surface area contributed by atoms with Crippen molar-refractivity contribution in [1.82, 2.24) is 4.90 Å². The first kappa shape index (κ1) is 14.5. The Morgan fingerprint density at radius 3 is 2.72 bits per heavy atom. The first-order valence-electron chi connectivity index (χ1n) is 6.54. The van der Waals surface area contributed by atoms with Crippen LogP contribution in [0.3, 0.4) is 0 Å². The standard InChI is InChI=1S/C15H22N2O/c1-4-6-10-17(5-2)15(12-16)13-8-7-9-14(11-13)18-3/h7-9,11,15H,4-6,10H2,1-3H3. The van der Waals surface area contributed by atoms with Crippen molar-refractivity contribution in [2.45, 2.75) is 32.7 Å². The molecule has 0 radical (unpaired) electrons. The number of methoxy groups -OCH3 is 1.